The second-order valence-corrected chi connectivity index (χ2v) is 5.73. The van der Waals surface area contributed by atoms with Crippen LogP contribution < -0.4 is 0 Å². The molecule has 0 spiro atoms. The Morgan fingerprint density at radius 1 is 1.47 bits per heavy atom. The zero-order chi connectivity index (χ0) is 13.5. The van der Waals surface area contributed by atoms with Gasteiger partial charge in [0.2, 0.25) is 0 Å². The summed E-state index contributed by atoms with van der Waals surface area (Å²) in [4.78, 5) is 0. The fourth-order valence-corrected chi connectivity index (χ4v) is 2.80. The molecule has 0 amide bonds. The highest BCUT2D eigenvalue weighted by atomic mass is 79.9. The Labute approximate surface area is 118 Å². The van der Waals surface area contributed by atoms with Gasteiger partial charge in [-0.25, -0.2) is 4.39 Å². The molecular weight excluding hydrogens is 313 g/mol. The van der Waals surface area contributed by atoms with E-state index in [1.807, 2.05) is 31.3 Å². The van der Waals surface area contributed by atoms with Gasteiger partial charge in [0.1, 0.15) is 12.2 Å². The molecule has 6 heteroatoms. The van der Waals surface area contributed by atoms with Crippen LogP contribution in [0.5, 0.6) is 0 Å². The van der Waals surface area contributed by atoms with Crippen molar-refractivity contribution in [1.29, 1.82) is 0 Å². The molecule has 0 radical (unpaired) electrons. The number of benzene rings is 1. The number of nitrogens with zero attached hydrogens (tertiary/aromatic N) is 3. The van der Waals surface area contributed by atoms with Crippen molar-refractivity contribution in [2.75, 3.05) is 13.2 Å². The van der Waals surface area contributed by atoms with Crippen LogP contribution in [0.2, 0.25) is 0 Å². The van der Waals surface area contributed by atoms with Gasteiger partial charge in [-0.3, -0.25) is 0 Å². The quantitative estimate of drug-likeness (QED) is 0.870. The first-order chi connectivity index (χ1) is 9.10. The fourth-order valence-electron chi connectivity index (χ4n) is 2.38. The molecule has 3 rings (SSSR count). The van der Waals surface area contributed by atoms with Crippen LogP contribution in [0.1, 0.15) is 17.3 Å². The Bertz CT molecular complexity index is 597. The lowest BCUT2D eigenvalue weighted by Gasteiger charge is -2.39. The van der Waals surface area contributed by atoms with Crippen LogP contribution in [0.25, 0.3) is 0 Å². The van der Waals surface area contributed by atoms with E-state index < -0.39 is 11.6 Å². The summed E-state index contributed by atoms with van der Waals surface area (Å²) in [7, 11) is 1.82. The Morgan fingerprint density at radius 2 is 2.26 bits per heavy atom. The van der Waals surface area contributed by atoms with E-state index in [2.05, 4.69) is 26.1 Å². The van der Waals surface area contributed by atoms with E-state index >= 15 is 0 Å². The van der Waals surface area contributed by atoms with Gasteiger partial charge >= 0.3 is 0 Å². The summed E-state index contributed by atoms with van der Waals surface area (Å²) in [6.07, 6.45) is 1.59. The third-order valence-corrected chi connectivity index (χ3v) is 3.88. The number of halogens is 2. The van der Waals surface area contributed by atoms with E-state index in [0.717, 1.165) is 10.0 Å². The van der Waals surface area contributed by atoms with E-state index in [1.54, 1.807) is 10.9 Å². The first-order valence-corrected chi connectivity index (χ1v) is 6.75. The maximum atomic E-state index is 14.9. The van der Waals surface area contributed by atoms with Crippen LogP contribution in [0.4, 0.5) is 4.39 Å². The van der Waals surface area contributed by atoms with Crippen molar-refractivity contribution in [2.45, 2.75) is 11.6 Å². The molecule has 2 aromatic rings. The van der Waals surface area contributed by atoms with Gasteiger partial charge in [0.15, 0.2) is 5.67 Å². The maximum Gasteiger partial charge on any atom is 0.171 e. The van der Waals surface area contributed by atoms with Crippen LogP contribution in [0, 0.1) is 0 Å². The van der Waals surface area contributed by atoms with Gasteiger partial charge in [0.05, 0.1) is 19.1 Å². The summed E-state index contributed by atoms with van der Waals surface area (Å²) in [6, 6.07) is 7.63. The molecule has 1 saturated heterocycles. The SMILES string of the molecule is Cn1cnnc1[C@@H](c1cccc(Br)c1)C1(F)COC1. The van der Waals surface area contributed by atoms with Gasteiger partial charge in [-0.1, -0.05) is 28.1 Å². The number of hydrogen-bond acceptors (Lipinski definition) is 3. The molecule has 1 fully saturated rings. The molecule has 0 unspecified atom stereocenters. The predicted molar refractivity (Wildman–Crippen MR) is 71.6 cm³/mol. The molecule has 0 saturated carbocycles. The van der Waals surface area contributed by atoms with Gasteiger partial charge in [0, 0.05) is 11.5 Å². The normalized spacial score (nSPS) is 18.9. The summed E-state index contributed by atoms with van der Waals surface area (Å²) < 4.78 is 22.6. The average molecular weight is 326 g/mol. The number of aromatic nitrogens is 3. The van der Waals surface area contributed by atoms with E-state index in [4.69, 9.17) is 4.74 Å². The molecule has 0 aliphatic carbocycles. The standard InChI is InChI=1S/C13H13BrFN3O/c1-18-8-16-17-12(18)11(13(15)6-19-7-13)9-3-2-4-10(14)5-9/h2-5,8,11H,6-7H2,1H3/t11-/m1/s1. The topological polar surface area (TPSA) is 39.9 Å². The minimum absolute atomic E-state index is 0.0943. The van der Waals surface area contributed by atoms with E-state index in [0.29, 0.717) is 5.82 Å². The molecule has 19 heavy (non-hydrogen) atoms. The molecule has 0 bridgehead atoms. The van der Waals surface area contributed by atoms with E-state index in [9.17, 15) is 4.39 Å². The summed E-state index contributed by atoms with van der Waals surface area (Å²) in [5.41, 5.74) is -0.544. The van der Waals surface area contributed by atoms with Crippen LogP contribution in [-0.4, -0.2) is 33.6 Å². The minimum atomic E-state index is -1.42. The van der Waals surface area contributed by atoms with Crippen LogP contribution >= 0.6 is 15.9 Å². The lowest BCUT2D eigenvalue weighted by atomic mass is 9.81. The summed E-state index contributed by atoms with van der Waals surface area (Å²) in [5, 5.41) is 7.93. The van der Waals surface area contributed by atoms with Gasteiger partial charge in [-0.2, -0.15) is 0 Å². The molecule has 4 nitrogen and oxygen atoms in total. The van der Waals surface area contributed by atoms with Crippen molar-refractivity contribution in [3.05, 3.63) is 46.5 Å². The van der Waals surface area contributed by atoms with Crippen molar-refractivity contribution in [3.8, 4) is 0 Å². The second-order valence-electron chi connectivity index (χ2n) is 4.82. The van der Waals surface area contributed by atoms with Gasteiger partial charge < -0.3 is 9.30 Å². The van der Waals surface area contributed by atoms with Gasteiger partial charge in [0.25, 0.3) is 0 Å². The molecule has 1 atom stereocenters. The molecule has 1 aromatic carbocycles. The molecule has 100 valence electrons. The molecule has 1 aromatic heterocycles. The number of alkyl halides is 1. The smallest absolute Gasteiger partial charge is 0.171 e. The zero-order valence-corrected chi connectivity index (χ0v) is 12.0. The number of hydrogen-bond donors (Lipinski definition) is 0. The van der Waals surface area contributed by atoms with Crippen molar-refractivity contribution in [1.82, 2.24) is 14.8 Å². The number of rotatable bonds is 3. The predicted octanol–water partition coefficient (Wildman–Crippen LogP) is 2.45. The van der Waals surface area contributed by atoms with Crippen molar-refractivity contribution < 1.29 is 9.13 Å². The van der Waals surface area contributed by atoms with Crippen molar-refractivity contribution >= 4 is 15.9 Å². The fraction of sp³-hybridized carbons (Fsp3) is 0.385. The highest BCUT2D eigenvalue weighted by molar-refractivity contribution is 9.10. The largest absolute Gasteiger partial charge is 0.375 e. The molecule has 1 aliphatic rings. The van der Waals surface area contributed by atoms with Crippen LogP contribution in [-0.2, 0) is 11.8 Å². The molecule has 0 N–H and O–H groups in total. The second kappa shape index (κ2) is 4.68. The molecular formula is C13H13BrFN3O. The van der Waals surface area contributed by atoms with E-state index in [-0.39, 0.29) is 13.2 Å². The Balaban J connectivity index is 2.09. The highest BCUT2D eigenvalue weighted by Gasteiger charge is 2.49. The van der Waals surface area contributed by atoms with Gasteiger partial charge in [-0.05, 0) is 17.7 Å². The van der Waals surface area contributed by atoms with Crippen LogP contribution in [0.15, 0.2) is 35.1 Å². The first-order valence-electron chi connectivity index (χ1n) is 5.96. The first kappa shape index (κ1) is 12.7. The highest BCUT2D eigenvalue weighted by Crippen LogP contribution is 2.41. The molecule has 1 aliphatic heterocycles. The monoisotopic (exact) mass is 325 g/mol. The van der Waals surface area contributed by atoms with Crippen LogP contribution in [0.3, 0.4) is 0 Å². The number of aryl methyl sites for hydroxylation is 1. The van der Waals surface area contributed by atoms with Crippen molar-refractivity contribution in [2.24, 2.45) is 7.05 Å². The lowest BCUT2D eigenvalue weighted by Crippen LogP contribution is -2.51. The van der Waals surface area contributed by atoms with Crippen molar-refractivity contribution in [3.63, 3.8) is 0 Å². The Kier molecular flexibility index (Phi) is 3.14. The maximum absolute atomic E-state index is 14.9. The molecule has 2 heterocycles. The van der Waals surface area contributed by atoms with E-state index in [1.165, 1.54) is 0 Å². The Hall–Kier alpha value is -1.27. The Morgan fingerprint density at radius 3 is 2.79 bits per heavy atom. The number of ether oxygens (including phenoxy) is 1. The third-order valence-electron chi connectivity index (χ3n) is 3.39. The summed E-state index contributed by atoms with van der Waals surface area (Å²) in [5.74, 6) is 0.148. The minimum Gasteiger partial charge on any atom is -0.375 e. The zero-order valence-electron chi connectivity index (χ0n) is 10.4. The summed E-state index contributed by atoms with van der Waals surface area (Å²) in [6.45, 7) is 0.189. The summed E-state index contributed by atoms with van der Waals surface area (Å²) >= 11 is 3.42. The average Bonchev–Trinajstić information content (AvgIpc) is 2.74. The lowest BCUT2D eigenvalue weighted by molar-refractivity contribution is -0.139. The van der Waals surface area contributed by atoms with Gasteiger partial charge in [-0.15, -0.1) is 10.2 Å². The third kappa shape index (κ3) is 2.19.